The molecule has 2 aliphatic rings. The van der Waals surface area contributed by atoms with Crippen molar-refractivity contribution < 1.29 is 9.53 Å². The molecule has 1 aromatic carbocycles. The van der Waals surface area contributed by atoms with Gasteiger partial charge in [-0.05, 0) is 55.9 Å². The van der Waals surface area contributed by atoms with E-state index in [0.717, 1.165) is 40.4 Å². The summed E-state index contributed by atoms with van der Waals surface area (Å²) in [6.45, 7) is 4.05. The second kappa shape index (κ2) is 8.71. The van der Waals surface area contributed by atoms with E-state index in [-0.39, 0.29) is 30.7 Å². The fourth-order valence-corrected chi connectivity index (χ4v) is 5.11. The zero-order chi connectivity index (χ0) is 21.3. The fraction of sp³-hybridized carbons (Fsp3) is 0.391. The van der Waals surface area contributed by atoms with E-state index >= 15 is 0 Å². The molecule has 0 radical (unpaired) electrons. The molecule has 2 atom stereocenters. The van der Waals surface area contributed by atoms with Crippen LogP contribution in [0.3, 0.4) is 0 Å². The van der Waals surface area contributed by atoms with Crippen molar-refractivity contribution in [3.05, 3.63) is 58.4 Å². The largest absolute Gasteiger partial charge is 0.400 e. The highest BCUT2D eigenvalue weighted by molar-refractivity contribution is 7.16. The van der Waals surface area contributed by atoms with Gasteiger partial charge in [0.25, 0.3) is 0 Å². The minimum Gasteiger partial charge on any atom is -0.400 e. The summed E-state index contributed by atoms with van der Waals surface area (Å²) in [6, 6.07) is 6.31. The standard InChI is InChI=1S/C23H28N4O2S/c1-13(2)29-20-9-6-14(10-18(20)25)23-26-12-21(30-23)17-5-3-4-16-15(17)7-8-19(16)27-22(28)11-24/h3-6,10,12-13,19-20H,7-9,11,24-25H2,1-2H3,(H,27,28)/t19-,20?/m0/s1. The third-order valence-corrected chi connectivity index (χ3v) is 6.57. The maximum atomic E-state index is 11.7. The first-order valence-corrected chi connectivity index (χ1v) is 11.2. The zero-order valence-electron chi connectivity index (χ0n) is 17.4. The predicted molar refractivity (Wildman–Crippen MR) is 121 cm³/mol. The van der Waals surface area contributed by atoms with Crippen LogP contribution < -0.4 is 16.8 Å². The molecule has 0 saturated carbocycles. The molecule has 0 fully saturated rings. The number of carbonyl (C=O) groups is 1. The molecule has 2 aliphatic carbocycles. The van der Waals surface area contributed by atoms with Crippen molar-refractivity contribution in [2.24, 2.45) is 11.5 Å². The van der Waals surface area contributed by atoms with Crippen molar-refractivity contribution in [1.82, 2.24) is 10.3 Å². The molecule has 4 rings (SSSR count). The molecule has 0 saturated heterocycles. The van der Waals surface area contributed by atoms with Crippen molar-refractivity contribution in [1.29, 1.82) is 0 Å². The molecule has 1 unspecified atom stereocenters. The number of carbonyl (C=O) groups excluding carboxylic acids is 1. The van der Waals surface area contributed by atoms with E-state index in [1.54, 1.807) is 11.3 Å². The van der Waals surface area contributed by atoms with Gasteiger partial charge in [-0.25, -0.2) is 4.98 Å². The van der Waals surface area contributed by atoms with Crippen LogP contribution in [-0.4, -0.2) is 29.6 Å². The number of amides is 1. The molecular weight excluding hydrogens is 396 g/mol. The SMILES string of the molecule is CC(C)OC1CC=C(c2ncc(-c3cccc4c3CC[C@@H]4NC(=O)CN)s2)C=C1N. The second-order valence-corrected chi connectivity index (χ2v) is 9.01. The monoisotopic (exact) mass is 424 g/mol. The molecule has 0 spiro atoms. The fourth-order valence-electron chi connectivity index (χ4n) is 4.13. The van der Waals surface area contributed by atoms with Crippen LogP contribution in [0, 0.1) is 0 Å². The number of hydrogen-bond acceptors (Lipinski definition) is 6. The van der Waals surface area contributed by atoms with Gasteiger partial charge >= 0.3 is 0 Å². The first-order chi connectivity index (χ1) is 14.5. The number of nitrogens with zero attached hydrogens (tertiary/aromatic N) is 1. The molecule has 2 aromatic rings. The highest BCUT2D eigenvalue weighted by Crippen LogP contribution is 2.40. The Bertz CT molecular complexity index is 1010. The highest BCUT2D eigenvalue weighted by atomic mass is 32.1. The number of benzene rings is 1. The lowest BCUT2D eigenvalue weighted by molar-refractivity contribution is -0.120. The minimum absolute atomic E-state index is 0.0125. The van der Waals surface area contributed by atoms with Gasteiger partial charge in [-0.3, -0.25) is 4.79 Å². The summed E-state index contributed by atoms with van der Waals surface area (Å²) in [7, 11) is 0. The summed E-state index contributed by atoms with van der Waals surface area (Å²) in [5.41, 5.74) is 17.2. The van der Waals surface area contributed by atoms with E-state index in [0.29, 0.717) is 0 Å². The quantitative estimate of drug-likeness (QED) is 0.660. The molecule has 5 N–H and O–H groups in total. The van der Waals surface area contributed by atoms with Crippen LogP contribution in [0.2, 0.25) is 0 Å². The van der Waals surface area contributed by atoms with Gasteiger partial charge in [0.1, 0.15) is 11.1 Å². The van der Waals surface area contributed by atoms with Gasteiger partial charge < -0.3 is 21.5 Å². The van der Waals surface area contributed by atoms with Crippen molar-refractivity contribution in [3.63, 3.8) is 0 Å². The van der Waals surface area contributed by atoms with Crippen molar-refractivity contribution in [3.8, 4) is 10.4 Å². The maximum absolute atomic E-state index is 11.7. The molecule has 1 amide bonds. The molecule has 0 bridgehead atoms. The van der Waals surface area contributed by atoms with Gasteiger partial charge in [0.05, 0.1) is 23.6 Å². The van der Waals surface area contributed by atoms with E-state index in [2.05, 4.69) is 28.5 Å². The Morgan fingerprint density at radius 3 is 2.97 bits per heavy atom. The minimum atomic E-state index is -0.119. The molecule has 0 aliphatic heterocycles. The summed E-state index contributed by atoms with van der Waals surface area (Å²) >= 11 is 1.67. The van der Waals surface area contributed by atoms with Crippen LogP contribution in [0.1, 0.15) is 48.9 Å². The number of allylic oxidation sites excluding steroid dienone is 2. The molecular formula is C23H28N4O2S. The lowest BCUT2D eigenvalue weighted by atomic mass is 10.0. The average molecular weight is 425 g/mol. The first-order valence-electron chi connectivity index (χ1n) is 10.4. The summed E-state index contributed by atoms with van der Waals surface area (Å²) in [5.74, 6) is -0.119. The van der Waals surface area contributed by atoms with Gasteiger partial charge in [-0.2, -0.15) is 0 Å². The summed E-state index contributed by atoms with van der Waals surface area (Å²) in [6.07, 6.45) is 8.72. The number of nitrogens with two attached hydrogens (primary N) is 2. The van der Waals surface area contributed by atoms with E-state index in [4.69, 9.17) is 16.2 Å². The van der Waals surface area contributed by atoms with Gasteiger partial charge in [0.15, 0.2) is 0 Å². The van der Waals surface area contributed by atoms with E-state index in [9.17, 15) is 4.79 Å². The molecule has 158 valence electrons. The van der Waals surface area contributed by atoms with E-state index in [1.807, 2.05) is 32.2 Å². The molecule has 1 heterocycles. The Morgan fingerprint density at radius 2 is 2.23 bits per heavy atom. The smallest absolute Gasteiger partial charge is 0.234 e. The Labute approximate surface area is 181 Å². The zero-order valence-corrected chi connectivity index (χ0v) is 18.2. The van der Waals surface area contributed by atoms with Crippen LogP contribution in [0.5, 0.6) is 0 Å². The third-order valence-electron chi connectivity index (χ3n) is 5.49. The molecule has 1 aromatic heterocycles. The Balaban J connectivity index is 1.56. The van der Waals surface area contributed by atoms with Crippen LogP contribution in [-0.2, 0) is 16.0 Å². The van der Waals surface area contributed by atoms with Crippen LogP contribution in [0.15, 0.2) is 42.2 Å². The average Bonchev–Trinajstić information content (AvgIpc) is 3.37. The Morgan fingerprint density at radius 1 is 1.40 bits per heavy atom. The topological polar surface area (TPSA) is 103 Å². The third kappa shape index (κ3) is 4.19. The van der Waals surface area contributed by atoms with Crippen molar-refractivity contribution in [2.75, 3.05) is 6.54 Å². The number of hydrogen-bond donors (Lipinski definition) is 3. The number of fused-ring (bicyclic) bond motifs is 1. The molecule has 7 heteroatoms. The van der Waals surface area contributed by atoms with Gasteiger partial charge in [0.2, 0.25) is 5.91 Å². The van der Waals surface area contributed by atoms with E-state index < -0.39 is 0 Å². The van der Waals surface area contributed by atoms with Gasteiger partial charge in [-0.15, -0.1) is 11.3 Å². The first kappa shape index (κ1) is 20.8. The van der Waals surface area contributed by atoms with E-state index in [1.165, 1.54) is 16.7 Å². The van der Waals surface area contributed by atoms with Crippen LogP contribution in [0.25, 0.3) is 16.0 Å². The lowest BCUT2D eigenvalue weighted by Gasteiger charge is -2.23. The summed E-state index contributed by atoms with van der Waals surface area (Å²) < 4.78 is 5.87. The van der Waals surface area contributed by atoms with Crippen LogP contribution in [0.4, 0.5) is 0 Å². The number of nitrogens with one attached hydrogen (secondary N) is 1. The Hall–Kier alpha value is -2.48. The lowest BCUT2D eigenvalue weighted by Crippen LogP contribution is -2.32. The predicted octanol–water partition coefficient (Wildman–Crippen LogP) is 3.30. The van der Waals surface area contributed by atoms with Crippen molar-refractivity contribution in [2.45, 2.75) is 51.4 Å². The molecule has 6 nitrogen and oxygen atoms in total. The second-order valence-electron chi connectivity index (χ2n) is 7.98. The Kier molecular flexibility index (Phi) is 6.04. The summed E-state index contributed by atoms with van der Waals surface area (Å²) in [4.78, 5) is 17.5. The summed E-state index contributed by atoms with van der Waals surface area (Å²) in [5, 5.41) is 3.98. The van der Waals surface area contributed by atoms with Gasteiger partial charge in [-0.1, -0.05) is 24.3 Å². The van der Waals surface area contributed by atoms with Crippen LogP contribution >= 0.6 is 11.3 Å². The number of thiazole rings is 1. The van der Waals surface area contributed by atoms with Gasteiger partial charge in [0, 0.05) is 17.5 Å². The number of rotatable bonds is 6. The number of aromatic nitrogens is 1. The van der Waals surface area contributed by atoms with Crippen molar-refractivity contribution >= 4 is 22.8 Å². The highest BCUT2D eigenvalue weighted by Gasteiger charge is 2.27. The number of ether oxygens (including phenoxy) is 1. The molecule has 30 heavy (non-hydrogen) atoms. The maximum Gasteiger partial charge on any atom is 0.234 e. The normalized spacial score (nSPS) is 20.7.